The number of fused-ring (bicyclic) bond motifs is 8. The van der Waals surface area contributed by atoms with E-state index >= 15 is 0 Å². The molecule has 0 spiro atoms. The zero-order valence-corrected chi connectivity index (χ0v) is 26.9. The fourth-order valence-corrected chi connectivity index (χ4v) is 8.50. The Balaban J connectivity index is 1.21. The number of rotatable bonds is 4. The third-order valence-electron chi connectivity index (χ3n) is 9.63. The van der Waals surface area contributed by atoms with Gasteiger partial charge in [0.25, 0.3) is 0 Å². The number of nitrogens with zero attached hydrogens (tertiary/aromatic N) is 3. The molecule has 48 heavy (non-hydrogen) atoms. The van der Waals surface area contributed by atoms with E-state index in [2.05, 4.69) is 156 Å². The summed E-state index contributed by atoms with van der Waals surface area (Å²) >= 11 is 1.87. The molecule has 3 nitrogen and oxygen atoms in total. The van der Waals surface area contributed by atoms with E-state index in [4.69, 9.17) is 9.97 Å². The Morgan fingerprint density at radius 3 is 2.10 bits per heavy atom. The molecule has 3 aromatic heterocycles. The summed E-state index contributed by atoms with van der Waals surface area (Å²) in [5, 5.41) is 6.20. The van der Waals surface area contributed by atoms with Crippen molar-refractivity contribution in [2.45, 2.75) is 12.8 Å². The molecule has 0 bridgehead atoms. The van der Waals surface area contributed by atoms with Crippen LogP contribution in [0.4, 0.5) is 0 Å². The van der Waals surface area contributed by atoms with E-state index in [1.807, 2.05) is 11.3 Å². The van der Waals surface area contributed by atoms with Gasteiger partial charge in [0.2, 0.25) is 0 Å². The summed E-state index contributed by atoms with van der Waals surface area (Å²) in [6.45, 7) is 0. The molecule has 10 rings (SSSR count). The number of hydrogen-bond donors (Lipinski definition) is 0. The lowest BCUT2D eigenvalue weighted by Gasteiger charge is -2.12. The summed E-state index contributed by atoms with van der Waals surface area (Å²) in [5.74, 6) is 0.734. The maximum atomic E-state index is 5.29. The number of hydrogen-bond acceptors (Lipinski definition) is 3. The van der Waals surface area contributed by atoms with Crippen LogP contribution in [0.2, 0.25) is 0 Å². The Morgan fingerprint density at radius 2 is 1.25 bits per heavy atom. The highest BCUT2D eigenvalue weighted by Crippen LogP contribution is 2.44. The molecule has 4 heteroatoms. The number of allylic oxidation sites excluding steroid dienone is 4. The lowest BCUT2D eigenvalue weighted by molar-refractivity contribution is 1.02. The van der Waals surface area contributed by atoms with Gasteiger partial charge in [0.15, 0.2) is 5.82 Å². The molecule has 0 aliphatic heterocycles. The molecule has 0 unspecified atom stereocenters. The first-order valence-electron chi connectivity index (χ1n) is 16.5. The summed E-state index contributed by atoms with van der Waals surface area (Å²) in [6.07, 6.45) is 9.06. The zero-order valence-electron chi connectivity index (χ0n) is 26.1. The Morgan fingerprint density at radius 1 is 0.521 bits per heavy atom. The Labute approximate surface area is 281 Å². The van der Waals surface area contributed by atoms with Crippen LogP contribution < -0.4 is 0 Å². The largest absolute Gasteiger partial charge is 0.310 e. The van der Waals surface area contributed by atoms with Crippen molar-refractivity contribution in [2.24, 2.45) is 0 Å². The summed E-state index contributed by atoms with van der Waals surface area (Å²) < 4.78 is 5.07. The van der Waals surface area contributed by atoms with Gasteiger partial charge in [-0.2, -0.15) is 0 Å². The second-order valence-electron chi connectivity index (χ2n) is 12.5. The van der Waals surface area contributed by atoms with Crippen LogP contribution in [0, 0.1) is 0 Å². The molecule has 1 aliphatic carbocycles. The minimum absolute atomic E-state index is 0.734. The minimum Gasteiger partial charge on any atom is -0.310 e. The Bertz CT molecular complexity index is 2760. The molecule has 0 fully saturated rings. The van der Waals surface area contributed by atoms with Crippen molar-refractivity contribution in [3.05, 3.63) is 152 Å². The Kier molecular flexibility index (Phi) is 6.18. The standard InChI is InChI=1S/C44H29N3S/c1-3-11-28(12-4-1)29-19-21-30(22-20-29)43-33-15-7-9-17-36(33)45-44(46-43)31-23-24-37-35(27-31)41-38(47(37)32-13-5-2-6-14-32)25-26-40-42(41)34-16-8-10-18-39(34)48-40/h1,3-5,7-27H,2,6H2. The second-order valence-corrected chi connectivity index (χ2v) is 13.5. The molecule has 0 saturated carbocycles. The molecule has 9 aromatic rings. The fourth-order valence-electron chi connectivity index (χ4n) is 7.39. The first kappa shape index (κ1) is 27.3. The zero-order chi connectivity index (χ0) is 31.6. The van der Waals surface area contributed by atoms with Gasteiger partial charge in [-0.1, -0.05) is 103 Å². The van der Waals surface area contributed by atoms with Gasteiger partial charge in [-0.3, -0.25) is 0 Å². The quantitative estimate of drug-likeness (QED) is 0.193. The highest BCUT2D eigenvalue weighted by atomic mass is 32.1. The molecule has 226 valence electrons. The monoisotopic (exact) mass is 631 g/mol. The van der Waals surface area contributed by atoms with Gasteiger partial charge in [0.1, 0.15) is 0 Å². The van der Waals surface area contributed by atoms with E-state index in [-0.39, 0.29) is 0 Å². The maximum Gasteiger partial charge on any atom is 0.160 e. The molecule has 1 aliphatic rings. The van der Waals surface area contributed by atoms with Gasteiger partial charge in [-0.25, -0.2) is 9.97 Å². The van der Waals surface area contributed by atoms with Crippen LogP contribution in [-0.2, 0) is 0 Å². The van der Waals surface area contributed by atoms with Crippen LogP contribution in [0.5, 0.6) is 0 Å². The van der Waals surface area contributed by atoms with Gasteiger partial charge in [-0.05, 0) is 72.5 Å². The summed E-state index contributed by atoms with van der Waals surface area (Å²) in [4.78, 5) is 10.4. The molecule has 0 radical (unpaired) electrons. The van der Waals surface area contributed by atoms with Crippen LogP contribution in [0.1, 0.15) is 12.8 Å². The van der Waals surface area contributed by atoms with Crippen molar-refractivity contribution in [3.63, 3.8) is 0 Å². The smallest absolute Gasteiger partial charge is 0.160 e. The number of para-hydroxylation sites is 1. The molecule has 3 heterocycles. The van der Waals surface area contributed by atoms with Crippen molar-refractivity contribution < 1.29 is 0 Å². The minimum atomic E-state index is 0.734. The van der Waals surface area contributed by atoms with Crippen molar-refractivity contribution in [2.75, 3.05) is 0 Å². The fraction of sp³-hybridized carbons (Fsp3) is 0.0455. The van der Waals surface area contributed by atoms with E-state index in [0.29, 0.717) is 0 Å². The van der Waals surface area contributed by atoms with E-state index < -0.39 is 0 Å². The van der Waals surface area contributed by atoms with Crippen LogP contribution in [0.25, 0.3) is 92.4 Å². The van der Waals surface area contributed by atoms with Gasteiger partial charge < -0.3 is 4.57 Å². The third kappa shape index (κ3) is 4.27. The van der Waals surface area contributed by atoms with Crippen molar-refractivity contribution >= 4 is 69.9 Å². The lowest BCUT2D eigenvalue weighted by atomic mass is 10.0. The highest BCUT2D eigenvalue weighted by Gasteiger charge is 2.20. The maximum absolute atomic E-state index is 5.29. The topological polar surface area (TPSA) is 30.7 Å². The summed E-state index contributed by atoms with van der Waals surface area (Å²) in [7, 11) is 0. The molecular weight excluding hydrogens is 603 g/mol. The van der Waals surface area contributed by atoms with Crippen molar-refractivity contribution in [1.82, 2.24) is 14.5 Å². The van der Waals surface area contributed by atoms with E-state index in [9.17, 15) is 0 Å². The number of thiophene rings is 1. The Hall–Kier alpha value is -5.84. The molecule has 0 amide bonds. The highest BCUT2D eigenvalue weighted by molar-refractivity contribution is 7.26. The number of aromatic nitrogens is 3. The van der Waals surface area contributed by atoms with Crippen molar-refractivity contribution in [1.29, 1.82) is 0 Å². The first-order chi connectivity index (χ1) is 23.8. The predicted octanol–water partition coefficient (Wildman–Crippen LogP) is 12.3. The number of benzene rings is 6. The molecule has 0 N–H and O–H groups in total. The summed E-state index contributed by atoms with van der Waals surface area (Å²) in [6, 6.07) is 47.8. The van der Waals surface area contributed by atoms with Crippen LogP contribution in [-0.4, -0.2) is 14.5 Å². The van der Waals surface area contributed by atoms with Crippen LogP contribution in [0.15, 0.2) is 152 Å². The predicted molar refractivity (Wildman–Crippen MR) is 204 cm³/mol. The summed E-state index contributed by atoms with van der Waals surface area (Å²) in [5.41, 5.74) is 10.0. The second kappa shape index (κ2) is 10.9. The van der Waals surface area contributed by atoms with E-state index in [0.717, 1.165) is 46.4 Å². The average molecular weight is 632 g/mol. The third-order valence-corrected chi connectivity index (χ3v) is 10.8. The first-order valence-corrected chi connectivity index (χ1v) is 17.3. The van der Waals surface area contributed by atoms with Gasteiger partial charge in [0.05, 0.1) is 22.2 Å². The average Bonchev–Trinajstić information content (AvgIpc) is 3.70. The van der Waals surface area contributed by atoms with Gasteiger partial charge in [0, 0.05) is 53.2 Å². The molecule has 0 atom stereocenters. The normalized spacial score (nSPS) is 13.3. The van der Waals surface area contributed by atoms with Gasteiger partial charge in [-0.15, -0.1) is 11.3 Å². The van der Waals surface area contributed by atoms with E-state index in [1.54, 1.807) is 0 Å². The van der Waals surface area contributed by atoms with Crippen LogP contribution >= 0.6 is 11.3 Å². The molecule has 6 aromatic carbocycles. The lowest BCUT2D eigenvalue weighted by Crippen LogP contribution is -1.97. The van der Waals surface area contributed by atoms with Crippen LogP contribution in [0.3, 0.4) is 0 Å². The van der Waals surface area contributed by atoms with Crippen molar-refractivity contribution in [3.8, 4) is 33.8 Å². The SMILES string of the molecule is C1=CC(n2c3ccc(-c4nc(-c5ccc(-c6ccccc6)cc5)c5ccccc5n4)cc3c3c4c(ccc32)sc2ccccc24)=CCC1. The van der Waals surface area contributed by atoms with Gasteiger partial charge >= 0.3 is 0 Å². The molecular formula is C44H29N3S. The van der Waals surface area contributed by atoms with E-state index in [1.165, 1.54) is 58.8 Å². The molecule has 0 saturated heterocycles.